The molecule has 1 saturated heterocycles. The molecule has 1 aliphatic heterocycles. The minimum Gasteiger partial charge on any atom is -0.393 e. The molecule has 0 atom stereocenters. The summed E-state index contributed by atoms with van der Waals surface area (Å²) in [6.07, 6.45) is 0.506. The molecule has 1 heterocycles. The van der Waals surface area contributed by atoms with E-state index in [0.29, 0.717) is 43.4 Å². The Balaban J connectivity index is 2.03. The Bertz CT molecular complexity index is 566. The molecule has 0 radical (unpaired) electrons. The summed E-state index contributed by atoms with van der Waals surface area (Å²) in [5, 5.41) is 0. The van der Waals surface area contributed by atoms with Crippen LogP contribution in [0.3, 0.4) is 0 Å². The van der Waals surface area contributed by atoms with E-state index in [1.165, 1.54) is 4.31 Å². The number of morpholine rings is 1. The van der Waals surface area contributed by atoms with Crippen molar-refractivity contribution in [3.05, 3.63) is 29.8 Å². The van der Waals surface area contributed by atoms with Crippen molar-refractivity contribution in [2.45, 2.75) is 6.42 Å². The first-order valence-corrected chi connectivity index (χ1v) is 8.05. The van der Waals surface area contributed by atoms with Crippen LogP contribution < -0.4 is 10.5 Å². The van der Waals surface area contributed by atoms with Gasteiger partial charge in [0.15, 0.2) is 0 Å². The normalized spacial score (nSPS) is 16.8. The third-order valence-electron chi connectivity index (χ3n) is 2.89. The minimum atomic E-state index is -3.52. The zero-order valence-electron chi connectivity index (χ0n) is 10.9. The van der Waals surface area contributed by atoms with Crippen LogP contribution in [0.1, 0.15) is 5.56 Å². The third-order valence-corrected chi connectivity index (χ3v) is 4.57. The molecule has 6 nitrogen and oxygen atoms in total. The van der Waals surface area contributed by atoms with Crippen LogP contribution in [0.4, 0.5) is 5.69 Å². The van der Waals surface area contributed by atoms with Crippen LogP contribution >= 0.6 is 12.2 Å². The van der Waals surface area contributed by atoms with Gasteiger partial charge in [-0.2, -0.15) is 12.7 Å². The molecule has 0 saturated carbocycles. The molecule has 0 aromatic heterocycles. The van der Waals surface area contributed by atoms with Gasteiger partial charge in [0, 0.05) is 25.2 Å². The number of hydrogen-bond acceptors (Lipinski definition) is 4. The Morgan fingerprint density at radius 1 is 1.30 bits per heavy atom. The van der Waals surface area contributed by atoms with Crippen molar-refractivity contribution >= 4 is 33.1 Å². The van der Waals surface area contributed by atoms with Gasteiger partial charge in [-0.1, -0.05) is 24.4 Å². The number of thiocarbonyl (C=S) groups is 1. The van der Waals surface area contributed by atoms with Gasteiger partial charge in [0.25, 0.3) is 0 Å². The molecule has 0 aliphatic carbocycles. The third kappa shape index (κ3) is 4.14. The second-order valence-corrected chi connectivity index (χ2v) is 6.65. The molecule has 0 amide bonds. The summed E-state index contributed by atoms with van der Waals surface area (Å²) in [6.45, 7) is 1.59. The van der Waals surface area contributed by atoms with Crippen LogP contribution in [0.5, 0.6) is 0 Å². The highest BCUT2D eigenvalue weighted by molar-refractivity contribution is 7.90. The van der Waals surface area contributed by atoms with Crippen LogP contribution in [0.15, 0.2) is 24.3 Å². The number of nitrogens with two attached hydrogens (primary N) is 1. The number of nitrogens with zero attached hydrogens (tertiary/aromatic N) is 1. The van der Waals surface area contributed by atoms with Crippen LogP contribution in [0, 0.1) is 0 Å². The van der Waals surface area contributed by atoms with Crippen molar-refractivity contribution in [2.75, 3.05) is 31.0 Å². The number of ether oxygens (including phenoxy) is 1. The van der Waals surface area contributed by atoms with Crippen LogP contribution in [0.2, 0.25) is 0 Å². The Kier molecular flexibility index (Phi) is 4.92. The first-order chi connectivity index (χ1) is 9.47. The number of rotatable bonds is 5. The molecule has 110 valence electrons. The van der Waals surface area contributed by atoms with Crippen molar-refractivity contribution in [2.24, 2.45) is 5.73 Å². The summed E-state index contributed by atoms with van der Waals surface area (Å²) in [5.41, 5.74) is 6.93. The molecule has 1 aromatic carbocycles. The molecule has 1 aromatic rings. The largest absolute Gasteiger partial charge is 0.393 e. The smallest absolute Gasteiger partial charge is 0.301 e. The summed E-state index contributed by atoms with van der Waals surface area (Å²) < 4.78 is 33.3. The summed E-state index contributed by atoms with van der Waals surface area (Å²) in [5.74, 6) is 0. The molecule has 3 N–H and O–H groups in total. The SMILES string of the molecule is NC(=S)Cc1ccc(NS(=O)(=O)N2CCOCC2)cc1. The second kappa shape index (κ2) is 6.49. The van der Waals surface area contributed by atoms with Gasteiger partial charge in [0.05, 0.1) is 18.2 Å². The van der Waals surface area contributed by atoms with E-state index in [2.05, 4.69) is 4.72 Å². The number of hydrogen-bond donors (Lipinski definition) is 2. The number of benzene rings is 1. The Labute approximate surface area is 124 Å². The molecule has 0 spiro atoms. The zero-order chi connectivity index (χ0) is 14.6. The maximum Gasteiger partial charge on any atom is 0.301 e. The van der Waals surface area contributed by atoms with E-state index in [4.69, 9.17) is 22.7 Å². The molecular formula is C12H17N3O3S2. The Hall–Kier alpha value is -1.22. The lowest BCUT2D eigenvalue weighted by Gasteiger charge is -2.26. The molecular weight excluding hydrogens is 298 g/mol. The van der Waals surface area contributed by atoms with E-state index < -0.39 is 10.2 Å². The monoisotopic (exact) mass is 315 g/mol. The summed E-state index contributed by atoms with van der Waals surface area (Å²) in [4.78, 5) is 0.409. The van der Waals surface area contributed by atoms with Crippen molar-refractivity contribution in [3.63, 3.8) is 0 Å². The fraction of sp³-hybridized carbons (Fsp3) is 0.417. The van der Waals surface area contributed by atoms with Crippen molar-refractivity contribution in [3.8, 4) is 0 Å². The van der Waals surface area contributed by atoms with E-state index in [0.717, 1.165) is 5.56 Å². The van der Waals surface area contributed by atoms with E-state index in [1.807, 2.05) is 0 Å². The van der Waals surface area contributed by atoms with Gasteiger partial charge >= 0.3 is 10.2 Å². The Morgan fingerprint density at radius 3 is 2.45 bits per heavy atom. The zero-order valence-corrected chi connectivity index (χ0v) is 12.5. The average Bonchev–Trinajstić information content (AvgIpc) is 2.41. The lowest BCUT2D eigenvalue weighted by Crippen LogP contribution is -2.43. The van der Waals surface area contributed by atoms with Gasteiger partial charge in [-0.05, 0) is 17.7 Å². The van der Waals surface area contributed by atoms with Crippen molar-refractivity contribution in [1.82, 2.24) is 4.31 Å². The molecule has 8 heteroatoms. The highest BCUT2D eigenvalue weighted by Gasteiger charge is 2.23. The number of nitrogens with one attached hydrogen (secondary N) is 1. The van der Waals surface area contributed by atoms with Crippen LogP contribution in [-0.4, -0.2) is 44.0 Å². The van der Waals surface area contributed by atoms with Crippen molar-refractivity contribution in [1.29, 1.82) is 0 Å². The highest BCUT2D eigenvalue weighted by atomic mass is 32.2. The molecule has 0 unspecified atom stereocenters. The van der Waals surface area contributed by atoms with E-state index in [9.17, 15) is 8.42 Å². The van der Waals surface area contributed by atoms with E-state index >= 15 is 0 Å². The van der Waals surface area contributed by atoms with Gasteiger partial charge < -0.3 is 10.5 Å². The van der Waals surface area contributed by atoms with E-state index in [-0.39, 0.29) is 0 Å². The van der Waals surface area contributed by atoms with Gasteiger partial charge in [-0.25, -0.2) is 0 Å². The fourth-order valence-electron chi connectivity index (χ4n) is 1.89. The first kappa shape index (κ1) is 15.2. The lowest BCUT2D eigenvalue weighted by atomic mass is 10.1. The highest BCUT2D eigenvalue weighted by Crippen LogP contribution is 2.14. The summed E-state index contributed by atoms with van der Waals surface area (Å²) in [7, 11) is -3.52. The number of anilines is 1. The van der Waals surface area contributed by atoms with Crippen LogP contribution in [-0.2, 0) is 21.4 Å². The Morgan fingerprint density at radius 2 is 1.90 bits per heavy atom. The summed E-state index contributed by atoms with van der Waals surface area (Å²) in [6, 6.07) is 7.00. The topological polar surface area (TPSA) is 84.7 Å². The molecule has 0 bridgehead atoms. The predicted molar refractivity (Wildman–Crippen MR) is 81.9 cm³/mol. The van der Waals surface area contributed by atoms with E-state index in [1.54, 1.807) is 24.3 Å². The second-order valence-electron chi connectivity index (χ2n) is 4.46. The lowest BCUT2D eigenvalue weighted by molar-refractivity contribution is 0.0733. The van der Waals surface area contributed by atoms with Gasteiger partial charge in [-0.3, -0.25) is 4.72 Å². The quantitative estimate of drug-likeness (QED) is 0.773. The van der Waals surface area contributed by atoms with Crippen LogP contribution in [0.25, 0.3) is 0 Å². The summed E-state index contributed by atoms with van der Waals surface area (Å²) >= 11 is 4.83. The fourth-order valence-corrected chi connectivity index (χ4v) is 3.25. The maximum atomic E-state index is 12.1. The van der Waals surface area contributed by atoms with Crippen molar-refractivity contribution < 1.29 is 13.2 Å². The molecule has 2 rings (SSSR count). The first-order valence-electron chi connectivity index (χ1n) is 6.20. The maximum absolute atomic E-state index is 12.1. The standard InChI is InChI=1S/C12H17N3O3S2/c13-12(19)9-10-1-3-11(4-2-10)14-20(16,17)15-5-7-18-8-6-15/h1-4,14H,5-9H2,(H2,13,19). The molecule has 1 fully saturated rings. The van der Waals surface area contributed by atoms with Gasteiger partial charge in [0.2, 0.25) is 0 Å². The van der Waals surface area contributed by atoms with Gasteiger partial charge in [0.1, 0.15) is 0 Å². The molecule has 1 aliphatic rings. The van der Waals surface area contributed by atoms with Gasteiger partial charge in [-0.15, -0.1) is 0 Å². The average molecular weight is 315 g/mol. The minimum absolute atomic E-state index is 0.370. The predicted octanol–water partition coefficient (Wildman–Crippen LogP) is 0.504. The molecule has 20 heavy (non-hydrogen) atoms.